The second kappa shape index (κ2) is 9.92. The molecule has 0 amide bonds. The van der Waals surface area contributed by atoms with Crippen LogP contribution in [-0.4, -0.2) is 37.6 Å². The van der Waals surface area contributed by atoms with E-state index in [4.69, 9.17) is 9.47 Å². The van der Waals surface area contributed by atoms with Crippen molar-refractivity contribution in [1.29, 1.82) is 0 Å². The Labute approximate surface area is 133 Å². The van der Waals surface area contributed by atoms with Crippen LogP contribution in [0.4, 0.5) is 0 Å². The van der Waals surface area contributed by atoms with E-state index in [9.17, 15) is 0 Å². The summed E-state index contributed by atoms with van der Waals surface area (Å²) >= 11 is 7.35. The van der Waals surface area contributed by atoms with Gasteiger partial charge in [0.1, 0.15) is 0 Å². The monoisotopic (exact) mass is 392 g/mol. The van der Waals surface area contributed by atoms with Gasteiger partial charge in [0.15, 0.2) is 0 Å². The zero-order chi connectivity index (χ0) is 14.0. The second-order valence-corrected chi connectivity index (χ2v) is 5.74. The molecule has 0 spiro atoms. The van der Waals surface area contributed by atoms with Gasteiger partial charge in [0.2, 0.25) is 0 Å². The maximum Gasteiger partial charge on any atom is 0.0700 e. The molecule has 0 unspecified atom stereocenters. The van der Waals surface area contributed by atoms with E-state index in [0.29, 0.717) is 13.2 Å². The number of halogens is 2. The molecule has 108 valence electrons. The minimum absolute atomic E-state index is 0.145. The normalized spacial score (nSPS) is 11.7. The van der Waals surface area contributed by atoms with Crippen LogP contribution >= 0.6 is 31.9 Å². The highest BCUT2D eigenvalue weighted by atomic mass is 79.9. The number of rotatable bonds is 10. The largest absolute Gasteiger partial charge is 0.382 e. The smallest absolute Gasteiger partial charge is 0.0700 e. The van der Waals surface area contributed by atoms with Crippen molar-refractivity contribution in [3.63, 3.8) is 0 Å². The SMILES string of the molecule is COCCOCCCC(CBr)(CBr)c1ccccc1. The number of ether oxygens (including phenoxy) is 2. The molecule has 0 saturated carbocycles. The highest BCUT2D eigenvalue weighted by Gasteiger charge is 2.29. The van der Waals surface area contributed by atoms with Crippen molar-refractivity contribution in [2.75, 3.05) is 37.6 Å². The molecule has 19 heavy (non-hydrogen) atoms. The quantitative estimate of drug-likeness (QED) is 0.439. The molecule has 0 fully saturated rings. The molecule has 0 atom stereocenters. The number of hydrogen-bond acceptors (Lipinski definition) is 2. The van der Waals surface area contributed by atoms with Crippen molar-refractivity contribution in [1.82, 2.24) is 0 Å². The van der Waals surface area contributed by atoms with Crippen molar-refractivity contribution < 1.29 is 9.47 Å². The predicted octanol–water partition coefficient (Wildman–Crippen LogP) is 4.16. The fraction of sp³-hybridized carbons (Fsp3) is 0.600. The third-order valence-electron chi connectivity index (χ3n) is 3.27. The summed E-state index contributed by atoms with van der Waals surface area (Å²) in [7, 11) is 1.69. The van der Waals surface area contributed by atoms with Crippen molar-refractivity contribution in [3.05, 3.63) is 35.9 Å². The molecule has 0 N–H and O–H groups in total. The zero-order valence-corrected chi connectivity index (χ0v) is 14.6. The van der Waals surface area contributed by atoms with Gasteiger partial charge in [0.05, 0.1) is 13.2 Å². The lowest BCUT2D eigenvalue weighted by atomic mass is 9.80. The van der Waals surface area contributed by atoms with Crippen LogP contribution in [0.5, 0.6) is 0 Å². The lowest BCUT2D eigenvalue weighted by molar-refractivity contribution is 0.0671. The number of alkyl halides is 2. The maximum absolute atomic E-state index is 5.54. The van der Waals surface area contributed by atoms with Gasteiger partial charge in [-0.2, -0.15) is 0 Å². The van der Waals surface area contributed by atoms with Gasteiger partial charge in [-0.05, 0) is 18.4 Å². The van der Waals surface area contributed by atoms with E-state index in [1.807, 2.05) is 0 Å². The molecule has 4 heteroatoms. The Kier molecular flexibility index (Phi) is 8.95. The average molecular weight is 394 g/mol. The van der Waals surface area contributed by atoms with Crippen LogP contribution in [0.1, 0.15) is 18.4 Å². The fourth-order valence-electron chi connectivity index (χ4n) is 2.02. The third-order valence-corrected chi connectivity index (χ3v) is 5.42. The number of benzene rings is 1. The summed E-state index contributed by atoms with van der Waals surface area (Å²) in [4.78, 5) is 0. The molecule has 0 aliphatic heterocycles. The summed E-state index contributed by atoms with van der Waals surface area (Å²) in [5.41, 5.74) is 1.52. The molecule has 0 aromatic heterocycles. The Balaban J connectivity index is 2.48. The lowest BCUT2D eigenvalue weighted by Gasteiger charge is -2.30. The van der Waals surface area contributed by atoms with E-state index >= 15 is 0 Å². The molecule has 1 aromatic rings. The van der Waals surface area contributed by atoms with E-state index in [0.717, 1.165) is 30.1 Å². The van der Waals surface area contributed by atoms with Crippen LogP contribution in [0.3, 0.4) is 0 Å². The van der Waals surface area contributed by atoms with Crippen LogP contribution < -0.4 is 0 Å². The van der Waals surface area contributed by atoms with Gasteiger partial charge in [0, 0.05) is 29.8 Å². The van der Waals surface area contributed by atoms with E-state index in [1.54, 1.807) is 7.11 Å². The Hall–Kier alpha value is 0.1000. The van der Waals surface area contributed by atoms with E-state index in [-0.39, 0.29) is 5.41 Å². The van der Waals surface area contributed by atoms with Crippen molar-refractivity contribution in [3.8, 4) is 0 Å². The fourth-order valence-corrected chi connectivity index (χ4v) is 4.15. The van der Waals surface area contributed by atoms with E-state index in [1.165, 1.54) is 5.56 Å². The van der Waals surface area contributed by atoms with Gasteiger partial charge >= 0.3 is 0 Å². The summed E-state index contributed by atoms with van der Waals surface area (Å²) in [6, 6.07) is 10.7. The van der Waals surface area contributed by atoms with Gasteiger partial charge in [0.25, 0.3) is 0 Å². The molecular weight excluding hydrogens is 372 g/mol. The van der Waals surface area contributed by atoms with Crippen molar-refractivity contribution in [2.24, 2.45) is 0 Å². The molecule has 0 heterocycles. The minimum atomic E-state index is 0.145. The molecule has 0 bridgehead atoms. The van der Waals surface area contributed by atoms with Gasteiger partial charge in [-0.1, -0.05) is 62.2 Å². The van der Waals surface area contributed by atoms with Gasteiger partial charge in [-0.25, -0.2) is 0 Å². The molecule has 0 aliphatic rings. The average Bonchev–Trinajstić information content (AvgIpc) is 2.48. The highest BCUT2D eigenvalue weighted by molar-refractivity contribution is 9.09. The number of hydrogen-bond donors (Lipinski definition) is 0. The van der Waals surface area contributed by atoms with E-state index in [2.05, 4.69) is 62.2 Å². The Bertz CT molecular complexity index is 326. The van der Waals surface area contributed by atoms with Crippen LogP contribution in [0.25, 0.3) is 0 Å². The summed E-state index contributed by atoms with van der Waals surface area (Å²) in [6.07, 6.45) is 2.15. The zero-order valence-electron chi connectivity index (χ0n) is 11.4. The lowest BCUT2D eigenvalue weighted by Crippen LogP contribution is -2.30. The maximum atomic E-state index is 5.54. The second-order valence-electron chi connectivity index (χ2n) is 4.62. The molecule has 0 saturated heterocycles. The summed E-state index contributed by atoms with van der Waals surface area (Å²) in [5.74, 6) is 0. The molecule has 1 aromatic carbocycles. The van der Waals surface area contributed by atoms with Crippen LogP contribution in [0.15, 0.2) is 30.3 Å². The van der Waals surface area contributed by atoms with Crippen LogP contribution in [0, 0.1) is 0 Å². The van der Waals surface area contributed by atoms with Crippen molar-refractivity contribution in [2.45, 2.75) is 18.3 Å². The van der Waals surface area contributed by atoms with Crippen LogP contribution in [-0.2, 0) is 14.9 Å². The van der Waals surface area contributed by atoms with Crippen LogP contribution in [0.2, 0.25) is 0 Å². The van der Waals surface area contributed by atoms with Gasteiger partial charge < -0.3 is 9.47 Å². The highest BCUT2D eigenvalue weighted by Crippen LogP contribution is 2.33. The van der Waals surface area contributed by atoms with E-state index < -0.39 is 0 Å². The minimum Gasteiger partial charge on any atom is -0.382 e. The Morgan fingerprint density at radius 3 is 2.26 bits per heavy atom. The van der Waals surface area contributed by atoms with Crippen molar-refractivity contribution >= 4 is 31.9 Å². The molecule has 2 nitrogen and oxygen atoms in total. The number of methoxy groups -OCH3 is 1. The summed E-state index contributed by atoms with van der Waals surface area (Å²) < 4.78 is 10.5. The first-order chi connectivity index (χ1) is 9.29. The Morgan fingerprint density at radius 2 is 1.68 bits per heavy atom. The molecule has 0 radical (unpaired) electrons. The molecular formula is C15H22Br2O2. The molecule has 1 rings (SSSR count). The Morgan fingerprint density at radius 1 is 1.00 bits per heavy atom. The standard InChI is InChI=1S/C15H22Br2O2/c1-18-10-11-19-9-5-8-15(12-16,13-17)14-6-3-2-4-7-14/h2-4,6-7H,5,8-13H2,1H3. The third kappa shape index (κ3) is 5.54. The first-order valence-corrected chi connectivity index (χ1v) is 8.77. The summed E-state index contributed by atoms with van der Waals surface area (Å²) in [5, 5.41) is 1.90. The first kappa shape index (κ1) is 17.2. The van der Waals surface area contributed by atoms with Gasteiger partial charge in [-0.3, -0.25) is 0 Å². The predicted molar refractivity (Wildman–Crippen MR) is 87.6 cm³/mol. The topological polar surface area (TPSA) is 18.5 Å². The van der Waals surface area contributed by atoms with Gasteiger partial charge in [-0.15, -0.1) is 0 Å². The summed E-state index contributed by atoms with van der Waals surface area (Å²) in [6.45, 7) is 2.14. The first-order valence-electron chi connectivity index (χ1n) is 6.53. The molecule has 0 aliphatic carbocycles.